The summed E-state index contributed by atoms with van der Waals surface area (Å²) in [6, 6.07) is 63.3. The van der Waals surface area contributed by atoms with Crippen LogP contribution in [-0.4, -0.2) is 9.97 Å². The molecule has 2 heterocycles. The van der Waals surface area contributed by atoms with E-state index in [4.69, 9.17) is 14.4 Å². The number of hydrogen-bond acceptors (Lipinski definition) is 3. The molecular formula is C55H36N2O. The van der Waals surface area contributed by atoms with E-state index in [1.807, 2.05) is 12.3 Å². The highest BCUT2D eigenvalue weighted by Crippen LogP contribution is 2.51. The number of rotatable bonds is 4. The Morgan fingerprint density at radius 1 is 0.397 bits per heavy atom. The maximum absolute atomic E-state index is 6.44. The van der Waals surface area contributed by atoms with Gasteiger partial charge in [0, 0.05) is 38.1 Å². The van der Waals surface area contributed by atoms with Gasteiger partial charge < -0.3 is 4.42 Å². The van der Waals surface area contributed by atoms with Crippen LogP contribution in [0.3, 0.4) is 0 Å². The number of fused-ring (bicyclic) bond motifs is 12. The Kier molecular flexibility index (Phi) is 6.98. The van der Waals surface area contributed by atoms with Gasteiger partial charge >= 0.3 is 0 Å². The molecule has 0 amide bonds. The van der Waals surface area contributed by atoms with Crippen LogP contribution in [0.2, 0.25) is 0 Å². The minimum atomic E-state index is -0.170. The van der Waals surface area contributed by atoms with Crippen molar-refractivity contribution in [1.82, 2.24) is 9.97 Å². The van der Waals surface area contributed by atoms with E-state index in [2.05, 4.69) is 184 Å². The van der Waals surface area contributed by atoms with Gasteiger partial charge in [0.25, 0.3) is 0 Å². The topological polar surface area (TPSA) is 38.9 Å². The van der Waals surface area contributed by atoms with E-state index in [9.17, 15) is 0 Å². The molecule has 1 aliphatic carbocycles. The first-order chi connectivity index (χ1) is 28.5. The van der Waals surface area contributed by atoms with Crippen LogP contribution in [0, 0.1) is 0 Å². The molecule has 3 nitrogen and oxygen atoms in total. The van der Waals surface area contributed by atoms with Gasteiger partial charge in [0.2, 0.25) is 0 Å². The summed E-state index contributed by atoms with van der Waals surface area (Å²) in [5.74, 6) is 0. The van der Waals surface area contributed by atoms with Gasteiger partial charge in [0.1, 0.15) is 11.2 Å². The molecule has 12 rings (SSSR count). The maximum Gasteiger partial charge on any atom is 0.143 e. The molecule has 0 atom stereocenters. The number of para-hydroxylation sites is 2. The Bertz CT molecular complexity index is 3450. The van der Waals surface area contributed by atoms with Gasteiger partial charge in [0.15, 0.2) is 0 Å². The smallest absolute Gasteiger partial charge is 0.143 e. The molecule has 0 radical (unpaired) electrons. The molecule has 0 bridgehead atoms. The highest BCUT2D eigenvalue weighted by molar-refractivity contribution is 6.23. The van der Waals surface area contributed by atoms with Crippen LogP contribution in [0.25, 0.3) is 110 Å². The predicted molar refractivity (Wildman–Crippen MR) is 241 cm³/mol. The van der Waals surface area contributed by atoms with Gasteiger partial charge in [-0.1, -0.05) is 166 Å². The zero-order valence-electron chi connectivity index (χ0n) is 32.1. The van der Waals surface area contributed by atoms with Crippen molar-refractivity contribution >= 4 is 54.5 Å². The first kappa shape index (κ1) is 32.8. The van der Waals surface area contributed by atoms with Gasteiger partial charge in [-0.15, -0.1) is 0 Å². The van der Waals surface area contributed by atoms with Gasteiger partial charge in [-0.05, 0) is 85.1 Å². The molecular weight excluding hydrogens is 705 g/mol. The summed E-state index contributed by atoms with van der Waals surface area (Å²) in [6.07, 6.45) is 1.91. The summed E-state index contributed by atoms with van der Waals surface area (Å²) in [5, 5.41) is 6.96. The fourth-order valence-corrected chi connectivity index (χ4v) is 9.53. The molecule has 0 spiro atoms. The lowest BCUT2D eigenvalue weighted by molar-refractivity contribution is 0.660. The average molecular weight is 741 g/mol. The largest absolute Gasteiger partial charge is 0.455 e. The van der Waals surface area contributed by atoms with E-state index < -0.39 is 0 Å². The van der Waals surface area contributed by atoms with Crippen molar-refractivity contribution in [3.8, 4) is 55.8 Å². The molecule has 0 unspecified atom stereocenters. The second-order valence-corrected chi connectivity index (χ2v) is 16.1. The van der Waals surface area contributed by atoms with Crippen molar-refractivity contribution in [1.29, 1.82) is 0 Å². The first-order valence-electron chi connectivity index (χ1n) is 20.0. The fourth-order valence-electron chi connectivity index (χ4n) is 9.53. The monoisotopic (exact) mass is 740 g/mol. The average Bonchev–Trinajstić information content (AvgIpc) is 3.78. The predicted octanol–water partition coefficient (Wildman–Crippen LogP) is 14.8. The molecule has 0 fully saturated rings. The molecule has 0 aliphatic heterocycles. The van der Waals surface area contributed by atoms with E-state index >= 15 is 0 Å². The quantitative estimate of drug-likeness (QED) is 0.169. The normalized spacial score (nSPS) is 13.1. The lowest BCUT2D eigenvalue weighted by Gasteiger charge is -2.22. The summed E-state index contributed by atoms with van der Waals surface area (Å²) in [4.78, 5) is 10.2. The van der Waals surface area contributed by atoms with E-state index in [1.165, 1.54) is 55.3 Å². The number of furan rings is 1. The summed E-state index contributed by atoms with van der Waals surface area (Å²) in [5.41, 5.74) is 17.9. The van der Waals surface area contributed by atoms with Crippen LogP contribution in [0.15, 0.2) is 187 Å². The number of hydrogen-bond donors (Lipinski definition) is 0. The van der Waals surface area contributed by atoms with Crippen LogP contribution in [0.4, 0.5) is 0 Å². The molecule has 1 aliphatic rings. The minimum Gasteiger partial charge on any atom is -0.455 e. The van der Waals surface area contributed by atoms with Crippen LogP contribution in [0.1, 0.15) is 25.0 Å². The maximum atomic E-state index is 6.44. The highest BCUT2D eigenvalue weighted by atomic mass is 16.3. The van der Waals surface area contributed by atoms with E-state index in [0.29, 0.717) is 0 Å². The van der Waals surface area contributed by atoms with Gasteiger partial charge in [-0.3, -0.25) is 4.98 Å². The second-order valence-electron chi connectivity index (χ2n) is 16.1. The Morgan fingerprint density at radius 3 is 1.67 bits per heavy atom. The van der Waals surface area contributed by atoms with Crippen LogP contribution in [0.5, 0.6) is 0 Å². The number of benzene rings is 9. The van der Waals surface area contributed by atoms with Crippen molar-refractivity contribution < 1.29 is 4.42 Å². The Morgan fingerprint density at radius 2 is 0.931 bits per heavy atom. The zero-order chi connectivity index (χ0) is 38.5. The van der Waals surface area contributed by atoms with Crippen molar-refractivity contribution in [3.05, 3.63) is 193 Å². The summed E-state index contributed by atoms with van der Waals surface area (Å²) >= 11 is 0. The third-order valence-electron chi connectivity index (χ3n) is 12.5. The lowest BCUT2D eigenvalue weighted by Crippen LogP contribution is -2.15. The van der Waals surface area contributed by atoms with Gasteiger partial charge in [-0.25, -0.2) is 4.98 Å². The molecule has 0 N–H and O–H groups in total. The summed E-state index contributed by atoms with van der Waals surface area (Å²) in [7, 11) is 0. The van der Waals surface area contributed by atoms with Crippen molar-refractivity contribution in [2.75, 3.05) is 0 Å². The molecule has 9 aromatic carbocycles. The highest BCUT2D eigenvalue weighted by Gasteiger charge is 2.36. The van der Waals surface area contributed by atoms with E-state index in [1.54, 1.807) is 0 Å². The minimum absolute atomic E-state index is 0.170. The van der Waals surface area contributed by atoms with E-state index in [-0.39, 0.29) is 5.41 Å². The Hall–Kier alpha value is -7.36. The SMILES string of the molecule is CC1(C)c2cc(-c3cccc(-c4ccc(-c5cnc6c7ccccc7c7ccccc7c6n5)cc4)c3)ccc2-c2ccc(-c3cccc4c3oc3ccccc34)cc21. The second kappa shape index (κ2) is 12.3. The van der Waals surface area contributed by atoms with E-state index in [0.717, 1.165) is 66.1 Å². The Labute approximate surface area is 335 Å². The first-order valence-corrected chi connectivity index (χ1v) is 20.0. The molecule has 0 saturated heterocycles. The summed E-state index contributed by atoms with van der Waals surface area (Å²) in [6.45, 7) is 4.71. The number of nitrogens with zero attached hydrogens (tertiary/aromatic N) is 2. The summed E-state index contributed by atoms with van der Waals surface area (Å²) < 4.78 is 6.44. The molecule has 58 heavy (non-hydrogen) atoms. The van der Waals surface area contributed by atoms with Crippen LogP contribution in [-0.2, 0) is 5.41 Å². The van der Waals surface area contributed by atoms with Gasteiger partial charge in [0.05, 0.1) is 22.9 Å². The standard InChI is InChI=1S/C55H36N2O/c1-55(2)48-30-37(25-27-42(48)43-28-26-38(31-49(43)55)39-18-10-19-47-44-15-7-8-20-51(44)58-54(39)47)36-12-9-11-35(29-36)33-21-23-34(24-22-33)50-32-56-52-45-16-5-3-13-40(45)41-14-4-6-17-46(41)53(52)57-50/h3-32H,1-2H3. The third-order valence-corrected chi connectivity index (χ3v) is 12.5. The van der Waals surface area contributed by atoms with Crippen molar-refractivity contribution in [2.24, 2.45) is 0 Å². The molecule has 2 aromatic heterocycles. The molecule has 0 saturated carbocycles. The fraction of sp³-hybridized carbons (Fsp3) is 0.0545. The molecule has 11 aromatic rings. The number of aromatic nitrogens is 2. The van der Waals surface area contributed by atoms with Crippen LogP contribution < -0.4 is 0 Å². The lowest BCUT2D eigenvalue weighted by atomic mass is 9.80. The van der Waals surface area contributed by atoms with Crippen LogP contribution >= 0.6 is 0 Å². The Balaban J connectivity index is 0.863. The molecule has 272 valence electrons. The molecule has 3 heteroatoms. The van der Waals surface area contributed by atoms with Crippen molar-refractivity contribution in [2.45, 2.75) is 19.3 Å². The van der Waals surface area contributed by atoms with Crippen molar-refractivity contribution in [3.63, 3.8) is 0 Å². The zero-order valence-corrected chi connectivity index (χ0v) is 32.1. The third kappa shape index (κ3) is 4.86. The van der Waals surface area contributed by atoms with Gasteiger partial charge in [-0.2, -0.15) is 0 Å².